The molecule has 0 bridgehead atoms. The summed E-state index contributed by atoms with van der Waals surface area (Å²) in [6.45, 7) is 8.00. The van der Waals surface area contributed by atoms with Crippen LogP contribution in [0.5, 0.6) is 6.01 Å². The number of nitrogens with zero attached hydrogens (tertiary/aromatic N) is 6. The second kappa shape index (κ2) is 10.7. The van der Waals surface area contributed by atoms with Gasteiger partial charge in [0.25, 0.3) is 0 Å². The van der Waals surface area contributed by atoms with E-state index in [0.717, 1.165) is 19.4 Å². The molecule has 194 valence electrons. The Balaban J connectivity index is 1.64. The van der Waals surface area contributed by atoms with E-state index in [1.54, 1.807) is 17.0 Å². The van der Waals surface area contributed by atoms with E-state index in [9.17, 15) is 10.1 Å². The average Bonchev–Trinajstić information content (AvgIpc) is 3.23. The van der Waals surface area contributed by atoms with Crippen molar-refractivity contribution in [1.29, 1.82) is 5.26 Å². The van der Waals surface area contributed by atoms with E-state index in [0.29, 0.717) is 41.9 Å². The van der Waals surface area contributed by atoms with Gasteiger partial charge in [-0.05, 0) is 75.3 Å². The van der Waals surface area contributed by atoms with Gasteiger partial charge in [-0.15, -0.1) is 0 Å². The smallest absolute Gasteiger partial charge is 0.410 e. The van der Waals surface area contributed by atoms with Gasteiger partial charge in [0.2, 0.25) is 0 Å². The lowest BCUT2D eigenvalue weighted by Gasteiger charge is -2.41. The molecule has 0 saturated carbocycles. The molecule has 36 heavy (non-hydrogen) atoms. The first-order valence-corrected chi connectivity index (χ1v) is 13.0. The van der Waals surface area contributed by atoms with Gasteiger partial charge in [-0.3, -0.25) is 0 Å². The van der Waals surface area contributed by atoms with Crippen LogP contribution in [0.1, 0.15) is 40.0 Å². The molecular weight excluding hydrogens is 531 g/mol. The first kappa shape index (κ1) is 26.4. The van der Waals surface area contributed by atoms with Crippen molar-refractivity contribution in [2.75, 3.05) is 44.7 Å². The van der Waals surface area contributed by atoms with Crippen molar-refractivity contribution in [2.24, 2.45) is 0 Å². The number of fused-ring (bicyclic) bond motifs is 1. The topological polar surface area (TPSA) is 94.8 Å². The van der Waals surface area contributed by atoms with Crippen molar-refractivity contribution < 1.29 is 18.7 Å². The van der Waals surface area contributed by atoms with E-state index >= 15 is 4.39 Å². The number of rotatable bonds is 5. The lowest BCUT2D eigenvalue weighted by atomic mass is 10.1. The molecule has 2 saturated heterocycles. The predicted octanol–water partition coefficient (Wildman–Crippen LogP) is 4.34. The van der Waals surface area contributed by atoms with Crippen molar-refractivity contribution >= 4 is 38.7 Å². The first-order valence-electron chi connectivity index (χ1n) is 12.2. The second-order valence-corrected chi connectivity index (χ2v) is 11.2. The molecular formula is C25H32BrFN6O3. The van der Waals surface area contributed by atoms with Crippen molar-refractivity contribution in [2.45, 2.75) is 57.7 Å². The fraction of sp³-hybridized carbons (Fsp3) is 0.600. The molecule has 3 heterocycles. The molecule has 0 radical (unpaired) electrons. The normalized spacial score (nSPS) is 21.0. The van der Waals surface area contributed by atoms with Crippen LogP contribution in [-0.2, 0) is 4.74 Å². The summed E-state index contributed by atoms with van der Waals surface area (Å²) in [5.41, 5.74) is -0.478. The van der Waals surface area contributed by atoms with Crippen LogP contribution in [-0.4, -0.2) is 83.4 Å². The Morgan fingerprint density at radius 1 is 1.25 bits per heavy atom. The van der Waals surface area contributed by atoms with Crippen LogP contribution in [0.15, 0.2) is 16.6 Å². The van der Waals surface area contributed by atoms with E-state index in [4.69, 9.17) is 9.47 Å². The number of likely N-dealkylation sites (tertiary alicyclic amines) is 1. The zero-order valence-corrected chi connectivity index (χ0v) is 22.7. The highest BCUT2D eigenvalue weighted by Gasteiger charge is 2.35. The highest BCUT2D eigenvalue weighted by atomic mass is 79.9. The van der Waals surface area contributed by atoms with Gasteiger partial charge >= 0.3 is 12.1 Å². The van der Waals surface area contributed by atoms with E-state index in [1.807, 2.05) is 25.7 Å². The number of piperazine rings is 1. The summed E-state index contributed by atoms with van der Waals surface area (Å²) in [7, 11) is 2.06. The molecule has 0 spiro atoms. The average molecular weight is 563 g/mol. The molecule has 0 aliphatic carbocycles. The molecule has 11 heteroatoms. The molecule has 1 aromatic heterocycles. The zero-order chi connectivity index (χ0) is 26.0. The number of hydrogen-bond acceptors (Lipinski definition) is 8. The fourth-order valence-electron chi connectivity index (χ4n) is 4.66. The van der Waals surface area contributed by atoms with Gasteiger partial charge in [0.1, 0.15) is 23.5 Å². The fourth-order valence-corrected chi connectivity index (χ4v) is 4.98. The van der Waals surface area contributed by atoms with E-state index in [-0.39, 0.29) is 24.0 Å². The van der Waals surface area contributed by atoms with Crippen LogP contribution < -0.4 is 9.64 Å². The number of hydrogen-bond donors (Lipinski definition) is 0. The van der Waals surface area contributed by atoms with Crippen LogP contribution in [0.3, 0.4) is 0 Å². The third-order valence-electron chi connectivity index (χ3n) is 6.53. The molecule has 2 atom stereocenters. The molecule has 1 amide bonds. The summed E-state index contributed by atoms with van der Waals surface area (Å²) in [5, 5.41) is 9.98. The minimum atomic E-state index is -0.640. The van der Waals surface area contributed by atoms with Crippen LogP contribution in [0.25, 0.3) is 10.9 Å². The van der Waals surface area contributed by atoms with Crippen molar-refractivity contribution in [3.05, 3.63) is 22.4 Å². The SMILES string of the molecule is CN1CCC[C@H]1COc1nc(N2CCN(C(=O)OC(C)(C)C)[C@@H](CC#N)C2)c2ccc(Br)c(F)c2n1. The maximum atomic E-state index is 15.1. The van der Waals surface area contributed by atoms with Crippen LogP contribution in [0.2, 0.25) is 0 Å². The third kappa shape index (κ3) is 5.81. The lowest BCUT2D eigenvalue weighted by Crippen LogP contribution is -2.56. The van der Waals surface area contributed by atoms with Crippen molar-refractivity contribution in [3.8, 4) is 12.1 Å². The Morgan fingerprint density at radius 3 is 2.69 bits per heavy atom. The predicted molar refractivity (Wildman–Crippen MR) is 138 cm³/mol. The highest BCUT2D eigenvalue weighted by molar-refractivity contribution is 9.10. The summed E-state index contributed by atoms with van der Waals surface area (Å²) in [6.07, 6.45) is 1.82. The van der Waals surface area contributed by atoms with Gasteiger partial charge < -0.3 is 24.2 Å². The van der Waals surface area contributed by atoms with Crippen molar-refractivity contribution in [1.82, 2.24) is 19.8 Å². The van der Waals surface area contributed by atoms with Crippen LogP contribution in [0.4, 0.5) is 15.0 Å². The molecule has 2 fully saturated rings. The number of aromatic nitrogens is 2. The number of ether oxygens (including phenoxy) is 2. The number of amides is 1. The minimum Gasteiger partial charge on any atom is -0.462 e. The first-order chi connectivity index (χ1) is 17.1. The number of nitriles is 1. The van der Waals surface area contributed by atoms with Gasteiger partial charge in [0, 0.05) is 31.1 Å². The van der Waals surface area contributed by atoms with Gasteiger partial charge in [-0.2, -0.15) is 15.2 Å². The number of likely N-dealkylation sites (N-methyl/N-ethyl adjacent to an activating group) is 1. The molecule has 1 aromatic carbocycles. The van der Waals surface area contributed by atoms with Gasteiger partial charge in [0.05, 0.1) is 23.0 Å². The van der Waals surface area contributed by atoms with Crippen LogP contribution >= 0.6 is 15.9 Å². The highest BCUT2D eigenvalue weighted by Crippen LogP contribution is 2.33. The standard InChI is InChI=1S/C25H32BrFN6O3/c1-25(2,3)36-24(34)33-13-12-32(14-16(33)9-10-28)22-18-7-8-19(26)20(27)21(18)29-23(30-22)35-15-17-6-5-11-31(17)4/h7-8,16-17H,5-6,9,11-15H2,1-4H3/t16-,17-/m0/s1. The Labute approximate surface area is 219 Å². The summed E-state index contributed by atoms with van der Waals surface area (Å²) >= 11 is 3.25. The van der Waals surface area contributed by atoms with Gasteiger partial charge in [-0.25, -0.2) is 9.18 Å². The third-order valence-corrected chi connectivity index (χ3v) is 7.14. The molecule has 2 aromatic rings. The molecule has 2 aliphatic rings. The molecule has 0 N–H and O–H groups in total. The van der Waals surface area contributed by atoms with Crippen LogP contribution in [0, 0.1) is 17.1 Å². The largest absolute Gasteiger partial charge is 0.462 e. The monoisotopic (exact) mass is 562 g/mol. The molecule has 2 aliphatic heterocycles. The zero-order valence-electron chi connectivity index (χ0n) is 21.1. The van der Waals surface area contributed by atoms with E-state index in [2.05, 4.69) is 43.9 Å². The van der Waals surface area contributed by atoms with Gasteiger partial charge in [0.15, 0.2) is 5.82 Å². The number of anilines is 1. The number of carbonyl (C=O) groups is 1. The number of carbonyl (C=O) groups excluding carboxylic acids is 1. The Morgan fingerprint density at radius 2 is 2.03 bits per heavy atom. The minimum absolute atomic E-state index is 0.112. The Bertz CT molecular complexity index is 1170. The molecule has 0 unspecified atom stereocenters. The Kier molecular flexibility index (Phi) is 7.85. The van der Waals surface area contributed by atoms with E-state index < -0.39 is 23.6 Å². The van der Waals surface area contributed by atoms with Gasteiger partial charge in [-0.1, -0.05) is 0 Å². The molecule has 9 nitrogen and oxygen atoms in total. The Hall–Kier alpha value is -2.71. The quantitative estimate of drug-likeness (QED) is 0.531. The summed E-state index contributed by atoms with van der Waals surface area (Å²) in [5.74, 6) is 0.0351. The maximum Gasteiger partial charge on any atom is 0.410 e. The summed E-state index contributed by atoms with van der Waals surface area (Å²) in [6, 6.07) is 5.54. The maximum absolute atomic E-state index is 15.1. The number of benzene rings is 1. The summed E-state index contributed by atoms with van der Waals surface area (Å²) in [4.78, 5) is 27.7. The number of halogens is 2. The second-order valence-electron chi connectivity index (χ2n) is 10.3. The van der Waals surface area contributed by atoms with Crippen molar-refractivity contribution in [3.63, 3.8) is 0 Å². The molecule has 4 rings (SSSR count). The van der Waals surface area contributed by atoms with E-state index in [1.165, 1.54) is 0 Å². The summed E-state index contributed by atoms with van der Waals surface area (Å²) < 4.78 is 27.0. The lowest BCUT2D eigenvalue weighted by molar-refractivity contribution is 0.0145.